The van der Waals surface area contributed by atoms with Gasteiger partial charge in [0.15, 0.2) is 0 Å². The van der Waals surface area contributed by atoms with Gasteiger partial charge in [0.2, 0.25) is 0 Å². The molecule has 1 aromatic heterocycles. The van der Waals surface area contributed by atoms with E-state index in [1.165, 1.54) is 11.1 Å². The van der Waals surface area contributed by atoms with E-state index < -0.39 is 0 Å². The Hall–Kier alpha value is -2.47. The van der Waals surface area contributed by atoms with E-state index in [9.17, 15) is 4.79 Å². The summed E-state index contributed by atoms with van der Waals surface area (Å²) in [6.07, 6.45) is 7.03. The fourth-order valence-electron chi connectivity index (χ4n) is 4.75. The van der Waals surface area contributed by atoms with Crippen molar-refractivity contribution in [3.63, 3.8) is 0 Å². The number of hydrogen-bond acceptors (Lipinski definition) is 5. The molecule has 6 nitrogen and oxygen atoms in total. The first-order valence-corrected chi connectivity index (χ1v) is 11.9. The van der Waals surface area contributed by atoms with Gasteiger partial charge < -0.3 is 15.0 Å². The molecule has 1 N–H and O–H groups in total. The fourth-order valence-corrected chi connectivity index (χ4v) is 4.75. The zero-order chi connectivity index (χ0) is 22.9. The van der Waals surface area contributed by atoms with Crippen LogP contribution in [-0.4, -0.2) is 41.3 Å². The molecule has 0 aromatic carbocycles. The maximum atomic E-state index is 13.7. The minimum Gasteiger partial charge on any atom is -0.381 e. The summed E-state index contributed by atoms with van der Waals surface area (Å²) in [7, 11) is 0. The van der Waals surface area contributed by atoms with Gasteiger partial charge in [-0.2, -0.15) is 0 Å². The second-order valence-corrected chi connectivity index (χ2v) is 9.82. The third-order valence-corrected chi connectivity index (χ3v) is 7.00. The zero-order valence-electron chi connectivity index (χ0n) is 20.0. The minimum atomic E-state index is 0.0522. The summed E-state index contributed by atoms with van der Waals surface area (Å²) in [6, 6.07) is 2.26. The molecule has 2 aliphatic heterocycles. The number of carbonyl (C=O) groups excluding carboxylic acids is 1. The number of aromatic nitrogens is 1. The van der Waals surface area contributed by atoms with Crippen LogP contribution in [0.3, 0.4) is 0 Å². The molecule has 0 bridgehead atoms. The van der Waals surface area contributed by atoms with Crippen LogP contribution in [0.15, 0.2) is 39.8 Å². The highest BCUT2D eigenvalue weighted by molar-refractivity contribution is 5.99. The number of pyridine rings is 1. The molecular formula is C26H36N4O2. The maximum absolute atomic E-state index is 13.7. The molecule has 1 amide bonds. The lowest BCUT2D eigenvalue weighted by Crippen LogP contribution is -2.31. The lowest BCUT2D eigenvalue weighted by Gasteiger charge is -2.23. The van der Waals surface area contributed by atoms with Gasteiger partial charge in [0.1, 0.15) is 5.82 Å². The molecule has 1 aromatic rings. The second-order valence-electron chi connectivity index (χ2n) is 9.82. The van der Waals surface area contributed by atoms with E-state index in [1.54, 1.807) is 0 Å². The number of allylic oxidation sites excluding steroid dienone is 1. The van der Waals surface area contributed by atoms with Crippen LogP contribution in [0.25, 0.3) is 0 Å². The molecule has 3 aliphatic rings. The first-order valence-electron chi connectivity index (χ1n) is 11.9. The number of hydrogen-bond donors (Lipinski definition) is 1. The smallest absolute Gasteiger partial charge is 0.254 e. The Kier molecular flexibility index (Phi) is 6.52. The summed E-state index contributed by atoms with van der Waals surface area (Å²) >= 11 is 0. The van der Waals surface area contributed by atoms with E-state index in [1.807, 2.05) is 24.9 Å². The summed E-state index contributed by atoms with van der Waals surface area (Å²) in [5.74, 6) is 1.30. The van der Waals surface area contributed by atoms with Crippen molar-refractivity contribution >= 4 is 12.6 Å². The molecule has 1 saturated carbocycles. The number of amides is 1. The van der Waals surface area contributed by atoms with Crippen molar-refractivity contribution in [2.45, 2.75) is 84.3 Å². The quantitative estimate of drug-likeness (QED) is 0.385. The molecule has 2 fully saturated rings. The third-order valence-electron chi connectivity index (χ3n) is 7.00. The molecule has 6 heteroatoms. The fraction of sp³-hybridized carbons (Fsp3) is 0.577. The van der Waals surface area contributed by atoms with Gasteiger partial charge in [-0.3, -0.25) is 9.78 Å². The molecule has 0 spiro atoms. The van der Waals surface area contributed by atoms with Crippen LogP contribution < -0.4 is 5.32 Å². The SMILES string of the molecule is C=N/C(NC1(C)CC1)=C(\CC)C(C(=O)N1Cc2cc(C3CCOCC3)cnc2C1)=C(C)C. The van der Waals surface area contributed by atoms with Crippen LogP contribution in [-0.2, 0) is 22.6 Å². The zero-order valence-corrected chi connectivity index (χ0v) is 20.0. The summed E-state index contributed by atoms with van der Waals surface area (Å²) in [5.41, 5.74) is 6.23. The first-order chi connectivity index (χ1) is 15.3. The van der Waals surface area contributed by atoms with Gasteiger partial charge in [0, 0.05) is 42.6 Å². The van der Waals surface area contributed by atoms with Crippen LogP contribution in [0, 0.1) is 0 Å². The van der Waals surface area contributed by atoms with E-state index >= 15 is 0 Å². The standard InChI is InChI=1S/C26H36N4O2/c1-6-21(24(27-5)29-26(4)9-10-26)23(17(2)3)25(31)30-15-20-13-19(14-28-22(20)16-30)18-7-11-32-12-8-18/h13-14,18,29H,5-12,15-16H2,1-4H3/b24-21-. The Balaban J connectivity index is 1.57. The van der Waals surface area contributed by atoms with Crippen molar-refractivity contribution in [3.05, 3.63) is 51.6 Å². The summed E-state index contributed by atoms with van der Waals surface area (Å²) < 4.78 is 5.51. The second kappa shape index (κ2) is 9.18. The third kappa shape index (κ3) is 4.65. The number of fused-ring (bicyclic) bond motifs is 1. The summed E-state index contributed by atoms with van der Waals surface area (Å²) in [5, 5.41) is 3.53. The van der Waals surface area contributed by atoms with Crippen LogP contribution in [0.2, 0.25) is 0 Å². The van der Waals surface area contributed by atoms with Crippen molar-refractivity contribution in [3.8, 4) is 0 Å². The molecule has 0 atom stereocenters. The number of nitrogens with zero attached hydrogens (tertiary/aromatic N) is 3. The Morgan fingerprint density at radius 1 is 1.31 bits per heavy atom. The van der Waals surface area contributed by atoms with Crippen LogP contribution in [0.1, 0.15) is 82.5 Å². The number of nitrogens with one attached hydrogen (secondary N) is 1. The van der Waals surface area contributed by atoms with Crippen molar-refractivity contribution in [1.82, 2.24) is 15.2 Å². The number of carbonyl (C=O) groups is 1. The monoisotopic (exact) mass is 436 g/mol. The Bertz CT molecular complexity index is 964. The predicted octanol–water partition coefficient (Wildman–Crippen LogP) is 4.62. The Morgan fingerprint density at radius 3 is 2.62 bits per heavy atom. The molecule has 3 heterocycles. The van der Waals surface area contributed by atoms with Crippen molar-refractivity contribution in [2.24, 2.45) is 4.99 Å². The largest absolute Gasteiger partial charge is 0.381 e. The highest BCUT2D eigenvalue weighted by Gasteiger charge is 2.39. The van der Waals surface area contributed by atoms with E-state index in [4.69, 9.17) is 9.72 Å². The normalized spacial score (nSPS) is 20.3. The molecule has 172 valence electrons. The number of ether oxygens (including phenoxy) is 1. The van der Waals surface area contributed by atoms with E-state index in [0.29, 0.717) is 19.0 Å². The Morgan fingerprint density at radius 2 is 2.03 bits per heavy atom. The Labute approximate surface area is 191 Å². The van der Waals surface area contributed by atoms with Gasteiger partial charge in [-0.1, -0.05) is 18.6 Å². The van der Waals surface area contributed by atoms with Gasteiger partial charge in [-0.15, -0.1) is 0 Å². The van der Waals surface area contributed by atoms with Crippen molar-refractivity contribution in [2.75, 3.05) is 13.2 Å². The lowest BCUT2D eigenvalue weighted by molar-refractivity contribution is -0.127. The molecule has 4 rings (SSSR count). The molecule has 32 heavy (non-hydrogen) atoms. The van der Waals surface area contributed by atoms with Crippen LogP contribution in [0.4, 0.5) is 0 Å². The molecular weight excluding hydrogens is 400 g/mol. The number of aliphatic imine (C=N–C) groups is 1. The maximum Gasteiger partial charge on any atom is 0.254 e. The van der Waals surface area contributed by atoms with Gasteiger partial charge in [0.05, 0.1) is 12.2 Å². The minimum absolute atomic E-state index is 0.0522. The van der Waals surface area contributed by atoms with Crippen molar-refractivity contribution in [1.29, 1.82) is 0 Å². The van der Waals surface area contributed by atoms with Gasteiger partial charge in [-0.05, 0) is 76.6 Å². The average molecular weight is 437 g/mol. The van der Waals surface area contributed by atoms with Crippen molar-refractivity contribution < 1.29 is 9.53 Å². The van der Waals surface area contributed by atoms with Gasteiger partial charge >= 0.3 is 0 Å². The topological polar surface area (TPSA) is 66.8 Å². The van der Waals surface area contributed by atoms with Gasteiger partial charge in [-0.25, -0.2) is 4.99 Å². The molecule has 1 aliphatic carbocycles. The highest BCUT2D eigenvalue weighted by Crippen LogP contribution is 2.37. The van der Waals surface area contributed by atoms with Crippen LogP contribution in [0.5, 0.6) is 0 Å². The first kappa shape index (κ1) is 22.7. The molecule has 0 unspecified atom stereocenters. The van der Waals surface area contributed by atoms with Crippen LogP contribution >= 0.6 is 0 Å². The highest BCUT2D eigenvalue weighted by atomic mass is 16.5. The van der Waals surface area contributed by atoms with E-state index in [0.717, 1.165) is 73.6 Å². The molecule has 0 radical (unpaired) electrons. The van der Waals surface area contributed by atoms with Gasteiger partial charge in [0.25, 0.3) is 5.91 Å². The summed E-state index contributed by atoms with van der Waals surface area (Å²) in [6.45, 7) is 14.9. The predicted molar refractivity (Wildman–Crippen MR) is 127 cm³/mol. The van der Waals surface area contributed by atoms with E-state index in [2.05, 4.69) is 36.9 Å². The lowest BCUT2D eigenvalue weighted by atomic mass is 9.92. The van der Waals surface area contributed by atoms with E-state index in [-0.39, 0.29) is 11.4 Å². The summed E-state index contributed by atoms with van der Waals surface area (Å²) in [4.78, 5) is 24.7. The molecule has 1 saturated heterocycles. The number of rotatable bonds is 7. The average Bonchev–Trinajstić information content (AvgIpc) is 3.37.